The summed E-state index contributed by atoms with van der Waals surface area (Å²) in [5.41, 5.74) is 2.95. The Morgan fingerprint density at radius 2 is 1.70 bits per heavy atom. The van der Waals surface area contributed by atoms with Gasteiger partial charge in [-0.25, -0.2) is 13.2 Å². The van der Waals surface area contributed by atoms with Crippen LogP contribution in [0.4, 0.5) is 11.4 Å². The van der Waals surface area contributed by atoms with E-state index in [1.54, 1.807) is 68.1 Å². The Labute approximate surface area is 279 Å². The lowest BCUT2D eigenvalue weighted by Gasteiger charge is -2.29. The summed E-state index contributed by atoms with van der Waals surface area (Å²) in [5, 5.41) is 0.793. The number of carbonyl (C=O) groups is 2. The highest BCUT2D eigenvalue weighted by molar-refractivity contribution is 7.92. The Morgan fingerprint density at radius 1 is 0.936 bits per heavy atom. The number of ether oxygens (including phenoxy) is 1. The molecule has 0 bridgehead atoms. The molecule has 0 saturated heterocycles. The fraction of sp³-hybridized carbons (Fsp3) is 0.257. The number of anilines is 2. The number of hydrogen-bond donors (Lipinski definition) is 0. The number of rotatable bonds is 12. The van der Waals surface area contributed by atoms with E-state index in [1.165, 1.54) is 28.8 Å². The van der Waals surface area contributed by atoms with E-state index in [9.17, 15) is 18.0 Å². The van der Waals surface area contributed by atoms with Gasteiger partial charge in [-0.05, 0) is 80.9 Å². The van der Waals surface area contributed by atoms with Crippen LogP contribution < -0.4 is 9.21 Å². The van der Waals surface area contributed by atoms with Crippen LogP contribution in [0.1, 0.15) is 51.6 Å². The molecule has 0 radical (unpaired) electrons. The van der Waals surface area contributed by atoms with Crippen molar-refractivity contribution in [2.24, 2.45) is 0 Å². The SMILES string of the molecule is CCOC(=O)c1oc2ccc(S(=O)(=O)N(CC)c3cc(N(C)C)ccc3CN(Cc3ccco3)C(=O)c3ccccc3Cl)cc2c1C. The molecule has 0 aliphatic rings. The third kappa shape index (κ3) is 6.86. The summed E-state index contributed by atoms with van der Waals surface area (Å²) < 4.78 is 46.6. The number of nitrogens with zero attached hydrogens (tertiary/aromatic N) is 3. The van der Waals surface area contributed by atoms with E-state index >= 15 is 0 Å². The molecule has 0 saturated carbocycles. The molecule has 0 aliphatic heterocycles. The van der Waals surface area contributed by atoms with Crippen molar-refractivity contribution in [3.63, 3.8) is 0 Å². The summed E-state index contributed by atoms with van der Waals surface area (Å²) in [5.74, 6) is -0.359. The van der Waals surface area contributed by atoms with E-state index in [4.69, 9.17) is 25.2 Å². The van der Waals surface area contributed by atoms with Crippen molar-refractivity contribution in [3.8, 4) is 0 Å². The standard InChI is InChI=1S/C35H36ClN3O7S/c1-6-39(47(42,43)27-16-17-32-29(20-27)23(3)33(46-32)35(41)44-7-2)31-19-25(37(4)5)15-14-24(31)21-38(22-26-11-10-18-45-26)34(40)28-12-8-9-13-30(28)36/h8-20H,6-7,21-22H2,1-5H3. The highest BCUT2D eigenvalue weighted by Crippen LogP contribution is 2.35. The van der Waals surface area contributed by atoms with E-state index in [0.717, 1.165) is 5.69 Å². The minimum atomic E-state index is -4.15. The largest absolute Gasteiger partial charge is 0.467 e. The maximum Gasteiger partial charge on any atom is 0.374 e. The zero-order valence-electron chi connectivity index (χ0n) is 26.8. The van der Waals surface area contributed by atoms with Crippen LogP contribution in [0.15, 0.2) is 92.8 Å². The zero-order valence-corrected chi connectivity index (χ0v) is 28.4. The fourth-order valence-electron chi connectivity index (χ4n) is 5.35. The van der Waals surface area contributed by atoms with Crippen LogP contribution in [0.5, 0.6) is 0 Å². The Kier molecular flexibility index (Phi) is 9.97. The summed E-state index contributed by atoms with van der Waals surface area (Å²) in [4.78, 5) is 29.8. The first-order valence-electron chi connectivity index (χ1n) is 15.1. The molecular weight excluding hydrogens is 642 g/mol. The van der Waals surface area contributed by atoms with E-state index in [-0.39, 0.29) is 42.8 Å². The first kappa shape index (κ1) is 33.6. The number of halogens is 1. The van der Waals surface area contributed by atoms with Gasteiger partial charge in [0.25, 0.3) is 15.9 Å². The quantitative estimate of drug-likeness (QED) is 0.127. The van der Waals surface area contributed by atoms with Gasteiger partial charge in [0, 0.05) is 43.8 Å². The average Bonchev–Trinajstić information content (AvgIpc) is 3.69. The van der Waals surface area contributed by atoms with Crippen molar-refractivity contribution in [1.29, 1.82) is 0 Å². The van der Waals surface area contributed by atoms with Gasteiger partial charge < -0.3 is 23.4 Å². The number of esters is 1. The molecule has 246 valence electrons. The number of hydrogen-bond acceptors (Lipinski definition) is 8. The molecule has 5 rings (SSSR count). The number of furan rings is 2. The molecular formula is C35H36ClN3O7S. The maximum absolute atomic E-state index is 14.4. The number of benzene rings is 3. The van der Waals surface area contributed by atoms with Gasteiger partial charge in [-0.15, -0.1) is 0 Å². The Hall–Kier alpha value is -4.74. The minimum Gasteiger partial charge on any atom is -0.467 e. The zero-order chi connectivity index (χ0) is 33.9. The molecule has 3 aromatic carbocycles. The smallest absolute Gasteiger partial charge is 0.374 e. The summed E-state index contributed by atoms with van der Waals surface area (Å²) in [6.07, 6.45) is 1.53. The van der Waals surface area contributed by atoms with Crippen molar-refractivity contribution in [1.82, 2.24) is 4.90 Å². The first-order chi connectivity index (χ1) is 22.5. The highest BCUT2D eigenvalue weighted by Gasteiger charge is 2.30. The maximum atomic E-state index is 14.4. The minimum absolute atomic E-state index is 0.0203. The number of fused-ring (bicyclic) bond motifs is 1. The second-order valence-corrected chi connectivity index (χ2v) is 13.3. The third-order valence-corrected chi connectivity index (χ3v) is 9.99. The molecule has 2 aromatic heterocycles. The van der Waals surface area contributed by atoms with Gasteiger partial charge >= 0.3 is 5.97 Å². The third-order valence-electron chi connectivity index (χ3n) is 7.78. The molecule has 2 heterocycles. The second-order valence-electron chi connectivity index (χ2n) is 11.0. The summed E-state index contributed by atoms with van der Waals surface area (Å²) in [7, 11) is -0.418. The van der Waals surface area contributed by atoms with Gasteiger partial charge in [0.1, 0.15) is 11.3 Å². The van der Waals surface area contributed by atoms with Gasteiger partial charge in [0.15, 0.2) is 0 Å². The van der Waals surface area contributed by atoms with Crippen molar-refractivity contribution >= 4 is 55.8 Å². The van der Waals surface area contributed by atoms with Crippen LogP contribution in [-0.2, 0) is 27.8 Å². The molecule has 5 aromatic rings. The molecule has 0 fully saturated rings. The van der Waals surface area contributed by atoms with Crippen LogP contribution in [-0.4, -0.2) is 52.4 Å². The fourth-order valence-corrected chi connectivity index (χ4v) is 7.09. The number of aryl methyl sites for hydroxylation is 1. The Bertz CT molecular complexity index is 2020. The summed E-state index contributed by atoms with van der Waals surface area (Å²) in [6.45, 7) is 5.60. The van der Waals surface area contributed by atoms with E-state index in [1.807, 2.05) is 31.1 Å². The van der Waals surface area contributed by atoms with Crippen molar-refractivity contribution < 1.29 is 31.6 Å². The van der Waals surface area contributed by atoms with E-state index in [2.05, 4.69) is 0 Å². The van der Waals surface area contributed by atoms with Crippen molar-refractivity contribution in [3.05, 3.63) is 112 Å². The van der Waals surface area contributed by atoms with Gasteiger partial charge in [-0.3, -0.25) is 9.10 Å². The average molecular weight is 678 g/mol. The van der Waals surface area contributed by atoms with E-state index in [0.29, 0.717) is 44.1 Å². The number of carbonyl (C=O) groups excluding carboxylic acids is 2. The van der Waals surface area contributed by atoms with Crippen LogP contribution in [0.25, 0.3) is 11.0 Å². The predicted molar refractivity (Wildman–Crippen MR) is 182 cm³/mol. The first-order valence-corrected chi connectivity index (χ1v) is 16.9. The second kappa shape index (κ2) is 13.9. The topological polar surface area (TPSA) is 114 Å². The van der Waals surface area contributed by atoms with Crippen LogP contribution in [0, 0.1) is 6.92 Å². The molecule has 0 N–H and O–H groups in total. The summed E-state index contributed by atoms with van der Waals surface area (Å²) >= 11 is 6.43. The van der Waals surface area contributed by atoms with Crippen molar-refractivity contribution in [2.75, 3.05) is 36.5 Å². The van der Waals surface area contributed by atoms with Crippen LogP contribution in [0.2, 0.25) is 5.02 Å². The van der Waals surface area contributed by atoms with Gasteiger partial charge in [-0.1, -0.05) is 29.8 Å². The molecule has 47 heavy (non-hydrogen) atoms. The van der Waals surface area contributed by atoms with Crippen molar-refractivity contribution in [2.45, 2.75) is 38.8 Å². The molecule has 1 amide bonds. The molecule has 0 unspecified atom stereocenters. The lowest BCUT2D eigenvalue weighted by atomic mass is 10.1. The summed E-state index contributed by atoms with van der Waals surface area (Å²) in [6, 6.07) is 20.3. The normalized spacial score (nSPS) is 11.4. The monoisotopic (exact) mass is 677 g/mol. The molecule has 0 spiro atoms. The van der Waals surface area contributed by atoms with E-state index < -0.39 is 16.0 Å². The van der Waals surface area contributed by atoms with Crippen LogP contribution in [0.3, 0.4) is 0 Å². The lowest BCUT2D eigenvalue weighted by Crippen LogP contribution is -2.34. The van der Waals surface area contributed by atoms with Crippen LogP contribution >= 0.6 is 11.6 Å². The molecule has 12 heteroatoms. The lowest BCUT2D eigenvalue weighted by molar-refractivity contribution is 0.0491. The Morgan fingerprint density at radius 3 is 2.36 bits per heavy atom. The number of sulfonamides is 1. The van der Waals surface area contributed by atoms with Gasteiger partial charge in [0.2, 0.25) is 5.76 Å². The van der Waals surface area contributed by atoms with Gasteiger partial charge in [0.05, 0.1) is 40.6 Å². The van der Waals surface area contributed by atoms with Gasteiger partial charge in [-0.2, -0.15) is 0 Å². The Balaban J connectivity index is 1.59. The highest BCUT2D eigenvalue weighted by atomic mass is 35.5. The molecule has 10 nitrogen and oxygen atoms in total. The number of amides is 1. The predicted octanol–water partition coefficient (Wildman–Crippen LogP) is 7.29. The molecule has 0 atom stereocenters. The molecule has 0 aliphatic carbocycles.